The summed E-state index contributed by atoms with van der Waals surface area (Å²) in [5.41, 5.74) is 1.82. The fraction of sp³-hybridized carbons (Fsp3) is 0.348. The standard InChI is InChI=1S/C23H24ClN3O6/c1-14(2)21(25-22(29)16-7-8-18(24)19(11-16)27(31)32)23(30)33-13-20(28)26-10-9-15-5-3-4-6-17(15)12-26/h3-8,11,14,21H,9-10,12-13H2,1-2H3,(H,25,29). The number of benzene rings is 2. The Labute approximate surface area is 195 Å². The lowest BCUT2D eigenvalue weighted by molar-refractivity contribution is -0.384. The molecule has 1 N–H and O–H groups in total. The lowest BCUT2D eigenvalue weighted by Gasteiger charge is -2.29. The molecule has 0 saturated carbocycles. The van der Waals surface area contributed by atoms with Crippen LogP contribution < -0.4 is 5.32 Å². The van der Waals surface area contributed by atoms with E-state index in [1.54, 1.807) is 18.7 Å². The van der Waals surface area contributed by atoms with Gasteiger partial charge >= 0.3 is 5.97 Å². The van der Waals surface area contributed by atoms with E-state index in [4.69, 9.17) is 16.3 Å². The summed E-state index contributed by atoms with van der Waals surface area (Å²) in [6.07, 6.45) is 0.730. The molecule has 3 rings (SSSR count). The van der Waals surface area contributed by atoms with Crippen LogP contribution in [0.3, 0.4) is 0 Å². The fourth-order valence-electron chi connectivity index (χ4n) is 3.54. The van der Waals surface area contributed by atoms with E-state index >= 15 is 0 Å². The second-order valence-electron chi connectivity index (χ2n) is 8.06. The third-order valence-corrected chi connectivity index (χ3v) is 5.75. The van der Waals surface area contributed by atoms with Gasteiger partial charge in [0.05, 0.1) is 4.92 Å². The first-order valence-electron chi connectivity index (χ1n) is 10.4. The number of nitrogens with one attached hydrogen (secondary N) is 1. The van der Waals surface area contributed by atoms with Crippen LogP contribution in [0.25, 0.3) is 0 Å². The zero-order chi connectivity index (χ0) is 24.1. The van der Waals surface area contributed by atoms with E-state index in [1.165, 1.54) is 17.7 Å². The molecule has 0 radical (unpaired) electrons. The number of nitro groups is 1. The van der Waals surface area contributed by atoms with Gasteiger partial charge in [0.1, 0.15) is 11.1 Å². The Morgan fingerprint density at radius 1 is 1.18 bits per heavy atom. The molecule has 1 unspecified atom stereocenters. The predicted octanol–water partition coefficient (Wildman–Crippen LogP) is 3.13. The Morgan fingerprint density at radius 2 is 1.88 bits per heavy atom. The molecule has 0 aromatic heterocycles. The molecule has 2 amide bonds. The topological polar surface area (TPSA) is 119 Å². The minimum absolute atomic E-state index is 0.0207. The Hall–Kier alpha value is -3.46. The zero-order valence-corrected chi connectivity index (χ0v) is 19.0. The molecule has 0 saturated heterocycles. The van der Waals surface area contributed by atoms with Crippen molar-refractivity contribution in [1.29, 1.82) is 0 Å². The van der Waals surface area contributed by atoms with E-state index in [9.17, 15) is 24.5 Å². The van der Waals surface area contributed by atoms with Crippen molar-refractivity contribution >= 4 is 35.1 Å². The molecule has 2 aromatic rings. The summed E-state index contributed by atoms with van der Waals surface area (Å²) >= 11 is 5.78. The molecule has 10 heteroatoms. The van der Waals surface area contributed by atoms with Crippen molar-refractivity contribution in [3.8, 4) is 0 Å². The van der Waals surface area contributed by atoms with Gasteiger partial charge in [-0.15, -0.1) is 0 Å². The summed E-state index contributed by atoms with van der Waals surface area (Å²) in [5.74, 6) is -2.11. The molecule has 0 fully saturated rings. The maximum Gasteiger partial charge on any atom is 0.329 e. The van der Waals surface area contributed by atoms with Crippen molar-refractivity contribution < 1.29 is 24.0 Å². The third-order valence-electron chi connectivity index (χ3n) is 5.43. The van der Waals surface area contributed by atoms with E-state index in [0.29, 0.717) is 13.1 Å². The molecule has 0 spiro atoms. The lowest BCUT2D eigenvalue weighted by Crippen LogP contribution is -2.46. The second-order valence-corrected chi connectivity index (χ2v) is 8.47. The first-order valence-corrected chi connectivity index (χ1v) is 10.8. The molecule has 1 aliphatic heterocycles. The van der Waals surface area contributed by atoms with Crippen LogP contribution in [0.1, 0.15) is 35.3 Å². The zero-order valence-electron chi connectivity index (χ0n) is 18.2. The van der Waals surface area contributed by atoms with Gasteiger partial charge in [-0.05, 0) is 35.6 Å². The highest BCUT2D eigenvalue weighted by Gasteiger charge is 2.29. The quantitative estimate of drug-likeness (QED) is 0.375. The maximum absolute atomic E-state index is 12.6. The largest absolute Gasteiger partial charge is 0.454 e. The van der Waals surface area contributed by atoms with Crippen molar-refractivity contribution in [2.45, 2.75) is 32.9 Å². The lowest BCUT2D eigenvalue weighted by atomic mass is 10.00. The van der Waals surface area contributed by atoms with E-state index in [0.717, 1.165) is 18.1 Å². The van der Waals surface area contributed by atoms with Crippen LogP contribution >= 0.6 is 11.6 Å². The number of esters is 1. The Kier molecular flexibility index (Phi) is 7.65. The van der Waals surface area contributed by atoms with Crippen molar-refractivity contribution in [2.24, 2.45) is 5.92 Å². The summed E-state index contributed by atoms with van der Waals surface area (Å²) in [4.78, 5) is 49.8. The number of rotatable bonds is 7. The summed E-state index contributed by atoms with van der Waals surface area (Å²) in [6.45, 7) is 3.96. The maximum atomic E-state index is 12.6. The SMILES string of the molecule is CC(C)C(NC(=O)c1ccc(Cl)c([N+](=O)[O-])c1)C(=O)OCC(=O)N1CCc2ccccc2C1. The average molecular weight is 474 g/mol. The first kappa shape index (κ1) is 24.2. The molecular weight excluding hydrogens is 450 g/mol. The minimum atomic E-state index is -1.04. The van der Waals surface area contributed by atoms with E-state index in [1.807, 2.05) is 24.3 Å². The predicted molar refractivity (Wildman–Crippen MR) is 121 cm³/mol. The molecule has 1 heterocycles. The van der Waals surface area contributed by atoms with Crippen molar-refractivity contribution in [2.75, 3.05) is 13.2 Å². The highest BCUT2D eigenvalue weighted by atomic mass is 35.5. The fourth-order valence-corrected chi connectivity index (χ4v) is 3.73. The monoisotopic (exact) mass is 473 g/mol. The van der Waals surface area contributed by atoms with E-state index in [-0.39, 0.29) is 22.4 Å². The van der Waals surface area contributed by atoms with Gasteiger partial charge in [0.2, 0.25) is 0 Å². The number of hydrogen-bond acceptors (Lipinski definition) is 6. The summed E-state index contributed by atoms with van der Waals surface area (Å²) < 4.78 is 5.21. The van der Waals surface area contributed by atoms with Gasteiger partial charge < -0.3 is 15.0 Å². The van der Waals surface area contributed by atoms with Crippen LogP contribution in [0, 0.1) is 16.0 Å². The van der Waals surface area contributed by atoms with Crippen molar-refractivity contribution in [3.05, 3.63) is 74.3 Å². The van der Waals surface area contributed by atoms with Crippen LogP contribution in [0.5, 0.6) is 0 Å². The number of hydrogen-bond donors (Lipinski definition) is 1. The second kappa shape index (κ2) is 10.4. The molecule has 1 aliphatic rings. The molecule has 33 heavy (non-hydrogen) atoms. The van der Waals surface area contributed by atoms with Crippen LogP contribution in [0.15, 0.2) is 42.5 Å². The normalized spacial score (nSPS) is 13.8. The number of amides is 2. The van der Waals surface area contributed by atoms with Crippen LogP contribution in [0.4, 0.5) is 5.69 Å². The highest BCUT2D eigenvalue weighted by molar-refractivity contribution is 6.32. The number of nitro benzene ring substituents is 1. The summed E-state index contributed by atoms with van der Waals surface area (Å²) in [5, 5.41) is 13.5. The van der Waals surface area contributed by atoms with Gasteiger partial charge in [-0.1, -0.05) is 49.7 Å². The molecule has 0 bridgehead atoms. The Morgan fingerprint density at radius 3 is 2.55 bits per heavy atom. The third kappa shape index (κ3) is 5.87. The van der Waals surface area contributed by atoms with Crippen LogP contribution in [-0.4, -0.2) is 46.8 Å². The van der Waals surface area contributed by atoms with E-state index < -0.39 is 35.1 Å². The Bertz CT molecular complexity index is 1090. The van der Waals surface area contributed by atoms with Crippen molar-refractivity contribution in [1.82, 2.24) is 10.2 Å². The molecule has 2 aromatic carbocycles. The smallest absolute Gasteiger partial charge is 0.329 e. The molecule has 0 aliphatic carbocycles. The molecule has 1 atom stereocenters. The summed E-state index contributed by atoms with van der Waals surface area (Å²) in [6, 6.07) is 10.4. The van der Waals surface area contributed by atoms with Crippen LogP contribution in [0.2, 0.25) is 5.02 Å². The van der Waals surface area contributed by atoms with Gasteiger partial charge in [0.25, 0.3) is 17.5 Å². The highest BCUT2D eigenvalue weighted by Crippen LogP contribution is 2.25. The number of ether oxygens (including phenoxy) is 1. The molecule has 9 nitrogen and oxygen atoms in total. The van der Waals surface area contributed by atoms with Gasteiger partial charge in [-0.3, -0.25) is 19.7 Å². The number of nitrogens with zero attached hydrogens (tertiary/aromatic N) is 2. The van der Waals surface area contributed by atoms with Crippen LogP contribution in [-0.2, 0) is 27.3 Å². The van der Waals surface area contributed by atoms with E-state index in [2.05, 4.69) is 5.32 Å². The average Bonchev–Trinajstić information content (AvgIpc) is 2.80. The first-order chi connectivity index (χ1) is 15.7. The van der Waals surface area contributed by atoms with Gasteiger partial charge in [0, 0.05) is 24.7 Å². The van der Waals surface area contributed by atoms with Crippen molar-refractivity contribution in [3.63, 3.8) is 0 Å². The van der Waals surface area contributed by atoms with Gasteiger partial charge in [0.15, 0.2) is 6.61 Å². The number of carbonyl (C=O) groups is 3. The minimum Gasteiger partial charge on any atom is -0.454 e. The number of carbonyl (C=O) groups excluding carboxylic acids is 3. The van der Waals surface area contributed by atoms with Gasteiger partial charge in [-0.2, -0.15) is 0 Å². The molecular formula is C23H24ClN3O6. The number of halogens is 1. The van der Waals surface area contributed by atoms with Gasteiger partial charge in [-0.25, -0.2) is 4.79 Å². The summed E-state index contributed by atoms with van der Waals surface area (Å²) in [7, 11) is 0. The molecule has 174 valence electrons. The Balaban J connectivity index is 1.60. The number of fused-ring (bicyclic) bond motifs is 1.